The Morgan fingerprint density at radius 2 is 2.10 bits per heavy atom. The zero-order chi connectivity index (χ0) is 14.4. The van der Waals surface area contributed by atoms with E-state index in [1.807, 2.05) is 24.3 Å². The Morgan fingerprint density at radius 3 is 2.75 bits per heavy atom. The van der Waals surface area contributed by atoms with Gasteiger partial charge in [-0.3, -0.25) is 9.69 Å². The molecule has 2 rings (SSSR count). The molecule has 1 saturated heterocycles. The van der Waals surface area contributed by atoms with Gasteiger partial charge in [-0.25, -0.2) is 0 Å². The highest BCUT2D eigenvalue weighted by atomic mass is 16.5. The molecular weight excluding hydrogens is 254 g/mol. The molecule has 0 aliphatic carbocycles. The molecule has 0 aromatic heterocycles. The van der Waals surface area contributed by atoms with Crippen LogP contribution < -0.4 is 4.74 Å². The third-order valence-electron chi connectivity index (χ3n) is 3.60. The fourth-order valence-electron chi connectivity index (χ4n) is 2.49. The summed E-state index contributed by atoms with van der Waals surface area (Å²) >= 11 is 0. The highest BCUT2D eigenvalue weighted by molar-refractivity contribution is 5.76. The van der Waals surface area contributed by atoms with E-state index in [4.69, 9.17) is 9.47 Å². The summed E-state index contributed by atoms with van der Waals surface area (Å²) in [5.74, 6) is 0.729. The van der Waals surface area contributed by atoms with E-state index in [0.29, 0.717) is 0 Å². The molecule has 0 saturated carbocycles. The van der Waals surface area contributed by atoms with Gasteiger partial charge < -0.3 is 9.47 Å². The number of hydrogen-bond acceptors (Lipinski definition) is 4. The van der Waals surface area contributed by atoms with Crippen molar-refractivity contribution in [3.8, 4) is 5.75 Å². The molecule has 20 heavy (non-hydrogen) atoms. The van der Waals surface area contributed by atoms with Gasteiger partial charge >= 0.3 is 5.97 Å². The molecule has 0 unspecified atom stereocenters. The van der Waals surface area contributed by atoms with E-state index in [1.54, 1.807) is 7.11 Å². The highest BCUT2D eigenvalue weighted by Gasteiger charge is 2.30. The maximum absolute atomic E-state index is 11.6. The van der Waals surface area contributed by atoms with Crippen molar-refractivity contribution < 1.29 is 14.3 Å². The Hall–Kier alpha value is -1.81. The number of rotatable bonds is 5. The monoisotopic (exact) mass is 275 g/mol. The van der Waals surface area contributed by atoms with Crippen LogP contribution in [0.15, 0.2) is 30.3 Å². The first kappa shape index (κ1) is 14.6. The second-order valence-corrected chi connectivity index (χ2v) is 4.85. The van der Waals surface area contributed by atoms with Gasteiger partial charge in [-0.15, -0.1) is 0 Å². The fourth-order valence-corrected chi connectivity index (χ4v) is 2.49. The molecule has 4 nitrogen and oxygen atoms in total. The lowest BCUT2D eigenvalue weighted by Gasteiger charge is -2.20. The van der Waals surface area contributed by atoms with Crippen LogP contribution in [-0.2, 0) is 9.53 Å². The number of esters is 1. The van der Waals surface area contributed by atoms with Crippen LogP contribution in [-0.4, -0.2) is 44.2 Å². The Morgan fingerprint density at radius 1 is 1.35 bits per heavy atom. The molecule has 1 aromatic carbocycles. The lowest BCUT2D eigenvalue weighted by molar-refractivity contribution is -0.145. The number of carbonyl (C=O) groups is 1. The van der Waals surface area contributed by atoms with Crippen molar-refractivity contribution in [3.05, 3.63) is 35.9 Å². The zero-order valence-electron chi connectivity index (χ0n) is 12.0. The van der Waals surface area contributed by atoms with Gasteiger partial charge in [0, 0.05) is 6.54 Å². The molecule has 1 atom stereocenters. The number of benzene rings is 1. The van der Waals surface area contributed by atoms with Crippen molar-refractivity contribution in [3.63, 3.8) is 0 Å². The predicted molar refractivity (Wildman–Crippen MR) is 78.6 cm³/mol. The first-order valence-electron chi connectivity index (χ1n) is 6.87. The third-order valence-corrected chi connectivity index (χ3v) is 3.60. The van der Waals surface area contributed by atoms with E-state index in [-0.39, 0.29) is 12.0 Å². The number of nitrogens with zero attached hydrogens (tertiary/aromatic N) is 1. The van der Waals surface area contributed by atoms with E-state index >= 15 is 0 Å². The molecule has 1 aliphatic rings. The molecule has 4 heteroatoms. The summed E-state index contributed by atoms with van der Waals surface area (Å²) in [6.07, 6.45) is 6.09. The molecule has 0 N–H and O–H groups in total. The number of carbonyl (C=O) groups excluding carboxylic acids is 1. The first-order valence-corrected chi connectivity index (χ1v) is 6.87. The average molecular weight is 275 g/mol. The van der Waals surface area contributed by atoms with Crippen molar-refractivity contribution >= 4 is 12.0 Å². The van der Waals surface area contributed by atoms with Gasteiger partial charge in [0.25, 0.3) is 0 Å². The summed E-state index contributed by atoms with van der Waals surface area (Å²) in [5, 5.41) is 0. The normalized spacial score (nSPS) is 19.4. The van der Waals surface area contributed by atoms with E-state index < -0.39 is 0 Å². The van der Waals surface area contributed by atoms with Gasteiger partial charge in [0.2, 0.25) is 0 Å². The smallest absolute Gasteiger partial charge is 0.323 e. The Labute approximate surface area is 120 Å². The minimum atomic E-state index is -0.125. The average Bonchev–Trinajstić information content (AvgIpc) is 2.95. The third kappa shape index (κ3) is 3.61. The molecule has 0 radical (unpaired) electrons. The summed E-state index contributed by atoms with van der Waals surface area (Å²) in [7, 11) is 3.11. The van der Waals surface area contributed by atoms with E-state index in [1.165, 1.54) is 7.11 Å². The first-order chi connectivity index (χ1) is 9.74. The summed E-state index contributed by atoms with van der Waals surface area (Å²) < 4.78 is 9.96. The van der Waals surface area contributed by atoms with Crippen LogP contribution in [0.4, 0.5) is 0 Å². The maximum Gasteiger partial charge on any atom is 0.323 e. The van der Waals surface area contributed by atoms with Gasteiger partial charge in [-0.05, 0) is 37.1 Å². The van der Waals surface area contributed by atoms with Crippen LogP contribution in [0, 0.1) is 0 Å². The van der Waals surface area contributed by atoms with Crippen LogP contribution >= 0.6 is 0 Å². The van der Waals surface area contributed by atoms with Gasteiger partial charge in [-0.2, -0.15) is 0 Å². The minimum Gasteiger partial charge on any atom is -0.497 e. The molecule has 1 aliphatic heterocycles. The second kappa shape index (κ2) is 7.10. The van der Waals surface area contributed by atoms with Gasteiger partial charge in [-0.1, -0.05) is 24.3 Å². The van der Waals surface area contributed by atoms with Crippen molar-refractivity contribution in [1.29, 1.82) is 0 Å². The number of methoxy groups -OCH3 is 2. The Bertz CT molecular complexity index is 467. The molecule has 108 valence electrons. The van der Waals surface area contributed by atoms with Crippen LogP contribution in [0.3, 0.4) is 0 Å². The summed E-state index contributed by atoms with van der Waals surface area (Å²) in [5.41, 5.74) is 1.12. The van der Waals surface area contributed by atoms with E-state index in [9.17, 15) is 4.79 Å². The van der Waals surface area contributed by atoms with Gasteiger partial charge in [0.05, 0.1) is 14.2 Å². The molecule has 0 spiro atoms. The predicted octanol–water partition coefficient (Wildman–Crippen LogP) is 2.35. The highest BCUT2D eigenvalue weighted by Crippen LogP contribution is 2.18. The lowest BCUT2D eigenvalue weighted by atomic mass is 10.2. The van der Waals surface area contributed by atoms with Crippen molar-refractivity contribution in [2.75, 3.05) is 27.3 Å². The topological polar surface area (TPSA) is 38.8 Å². The quantitative estimate of drug-likeness (QED) is 0.773. The summed E-state index contributed by atoms with van der Waals surface area (Å²) in [6, 6.07) is 7.81. The van der Waals surface area contributed by atoms with Crippen LogP contribution in [0.1, 0.15) is 18.4 Å². The van der Waals surface area contributed by atoms with E-state index in [0.717, 1.165) is 37.2 Å². The summed E-state index contributed by atoms with van der Waals surface area (Å²) in [4.78, 5) is 13.8. The van der Waals surface area contributed by atoms with Crippen molar-refractivity contribution in [2.45, 2.75) is 18.9 Å². The number of ether oxygens (including phenoxy) is 2. The van der Waals surface area contributed by atoms with Crippen LogP contribution in [0.2, 0.25) is 0 Å². The van der Waals surface area contributed by atoms with E-state index in [2.05, 4.69) is 17.1 Å². The van der Waals surface area contributed by atoms with Gasteiger partial charge in [0.1, 0.15) is 11.8 Å². The van der Waals surface area contributed by atoms with Gasteiger partial charge in [0.15, 0.2) is 0 Å². The fraction of sp³-hybridized carbons (Fsp3) is 0.438. The second-order valence-electron chi connectivity index (χ2n) is 4.85. The molecule has 1 aromatic rings. The maximum atomic E-state index is 11.6. The standard InChI is InChI=1S/C16H21NO3/c1-19-14-9-7-13(8-10-14)5-3-11-17-12-4-6-15(17)16(18)20-2/h3,5,7-10,15H,4,6,11-12H2,1-2H3/b5-3+/t15-/m0/s1. The number of likely N-dealkylation sites (tertiary alicyclic amines) is 1. The lowest BCUT2D eigenvalue weighted by Crippen LogP contribution is -2.36. The van der Waals surface area contributed by atoms with Crippen molar-refractivity contribution in [1.82, 2.24) is 4.90 Å². The molecule has 1 heterocycles. The molecule has 0 bridgehead atoms. The summed E-state index contributed by atoms with van der Waals surface area (Å²) in [6.45, 7) is 1.72. The molecule has 0 amide bonds. The largest absolute Gasteiger partial charge is 0.497 e. The SMILES string of the molecule is COC(=O)[C@@H]1CCCN1C/C=C/c1ccc(OC)cc1. The Balaban J connectivity index is 1.90. The van der Waals surface area contributed by atoms with Crippen LogP contribution in [0.25, 0.3) is 6.08 Å². The number of hydrogen-bond donors (Lipinski definition) is 0. The molecular formula is C16H21NO3. The molecule has 1 fully saturated rings. The van der Waals surface area contributed by atoms with Crippen molar-refractivity contribution in [2.24, 2.45) is 0 Å². The van der Waals surface area contributed by atoms with Crippen LogP contribution in [0.5, 0.6) is 5.75 Å². The zero-order valence-corrected chi connectivity index (χ0v) is 12.0. The Kier molecular flexibility index (Phi) is 5.18. The minimum absolute atomic E-state index is 0.0829.